The van der Waals surface area contributed by atoms with E-state index in [0.29, 0.717) is 30.8 Å². The Morgan fingerprint density at radius 1 is 1.30 bits per heavy atom. The van der Waals surface area contributed by atoms with E-state index in [-0.39, 0.29) is 0 Å². The molecule has 0 amide bonds. The van der Waals surface area contributed by atoms with Gasteiger partial charge in [0.15, 0.2) is 0 Å². The van der Waals surface area contributed by atoms with Crippen molar-refractivity contribution in [3.8, 4) is 6.07 Å². The SMILES string of the molecule is CSC1(C#N)CCN(S(=O)(=O)c2ccc(Br)cc2)CC1. The molecule has 0 atom stereocenters. The Bertz CT molecular complexity index is 615. The van der Waals surface area contributed by atoms with Gasteiger partial charge in [-0.05, 0) is 43.4 Å². The molecular formula is C13H15BrN2O2S2. The molecule has 0 aliphatic carbocycles. The van der Waals surface area contributed by atoms with Crippen LogP contribution in [0, 0.1) is 11.3 Å². The van der Waals surface area contributed by atoms with Crippen LogP contribution < -0.4 is 0 Å². The molecule has 0 N–H and O–H groups in total. The van der Waals surface area contributed by atoms with Crippen molar-refractivity contribution < 1.29 is 8.42 Å². The third-order valence-electron chi connectivity index (χ3n) is 3.58. The second-order valence-electron chi connectivity index (χ2n) is 4.67. The molecule has 20 heavy (non-hydrogen) atoms. The monoisotopic (exact) mass is 374 g/mol. The average Bonchev–Trinajstić information content (AvgIpc) is 2.47. The van der Waals surface area contributed by atoms with E-state index in [1.165, 1.54) is 16.1 Å². The van der Waals surface area contributed by atoms with E-state index in [1.54, 1.807) is 24.3 Å². The number of hydrogen-bond acceptors (Lipinski definition) is 4. The number of nitriles is 1. The van der Waals surface area contributed by atoms with Gasteiger partial charge in [-0.25, -0.2) is 8.42 Å². The highest BCUT2D eigenvalue weighted by Crippen LogP contribution is 2.35. The molecule has 2 rings (SSSR count). The van der Waals surface area contributed by atoms with Gasteiger partial charge < -0.3 is 0 Å². The summed E-state index contributed by atoms with van der Waals surface area (Å²) in [6, 6.07) is 8.96. The van der Waals surface area contributed by atoms with E-state index in [4.69, 9.17) is 0 Å². The highest BCUT2D eigenvalue weighted by Gasteiger charge is 2.38. The third kappa shape index (κ3) is 3.03. The van der Waals surface area contributed by atoms with Gasteiger partial charge in [0.2, 0.25) is 10.0 Å². The highest BCUT2D eigenvalue weighted by molar-refractivity contribution is 9.10. The van der Waals surface area contributed by atoms with Crippen LogP contribution in [0.5, 0.6) is 0 Å². The zero-order valence-corrected chi connectivity index (χ0v) is 14.3. The van der Waals surface area contributed by atoms with Gasteiger partial charge in [0, 0.05) is 17.6 Å². The van der Waals surface area contributed by atoms with Gasteiger partial charge in [0.05, 0.1) is 11.0 Å². The molecule has 1 aromatic rings. The summed E-state index contributed by atoms with van der Waals surface area (Å²) in [5, 5.41) is 9.23. The smallest absolute Gasteiger partial charge is 0.207 e. The highest BCUT2D eigenvalue weighted by atomic mass is 79.9. The van der Waals surface area contributed by atoms with Crippen molar-refractivity contribution in [2.24, 2.45) is 0 Å². The molecule has 1 aliphatic rings. The van der Waals surface area contributed by atoms with E-state index >= 15 is 0 Å². The summed E-state index contributed by atoms with van der Waals surface area (Å²) < 4.78 is 26.9. The molecule has 1 saturated heterocycles. The number of halogens is 1. The number of thioether (sulfide) groups is 1. The minimum Gasteiger partial charge on any atom is -0.207 e. The summed E-state index contributed by atoms with van der Waals surface area (Å²) in [4.78, 5) is 0.300. The number of nitrogens with zero attached hydrogens (tertiary/aromatic N) is 2. The maximum atomic E-state index is 12.5. The van der Waals surface area contributed by atoms with Crippen LogP contribution in [-0.2, 0) is 10.0 Å². The van der Waals surface area contributed by atoms with Gasteiger partial charge in [0.1, 0.15) is 4.75 Å². The lowest BCUT2D eigenvalue weighted by Crippen LogP contribution is -2.44. The van der Waals surface area contributed by atoms with Crippen LogP contribution in [0.1, 0.15) is 12.8 Å². The Morgan fingerprint density at radius 2 is 1.85 bits per heavy atom. The molecule has 0 bridgehead atoms. The largest absolute Gasteiger partial charge is 0.243 e. The Balaban J connectivity index is 2.18. The fourth-order valence-corrected chi connectivity index (χ4v) is 4.59. The first kappa shape index (κ1) is 15.8. The van der Waals surface area contributed by atoms with Gasteiger partial charge in [-0.15, -0.1) is 11.8 Å². The van der Waals surface area contributed by atoms with Crippen LogP contribution >= 0.6 is 27.7 Å². The first-order valence-corrected chi connectivity index (χ1v) is 9.61. The topological polar surface area (TPSA) is 61.2 Å². The minimum absolute atomic E-state index is 0.300. The Kier molecular flexibility index (Phi) is 4.80. The van der Waals surface area contributed by atoms with E-state index in [9.17, 15) is 13.7 Å². The predicted octanol–water partition coefficient (Wildman–Crippen LogP) is 2.86. The molecule has 1 aliphatic heterocycles. The van der Waals surface area contributed by atoms with E-state index in [1.807, 2.05) is 6.26 Å². The maximum Gasteiger partial charge on any atom is 0.243 e. The summed E-state index contributed by atoms with van der Waals surface area (Å²) in [6.07, 6.45) is 3.04. The molecule has 7 heteroatoms. The fraction of sp³-hybridized carbons (Fsp3) is 0.462. The zero-order valence-electron chi connectivity index (χ0n) is 11.0. The number of sulfonamides is 1. The summed E-state index contributed by atoms with van der Waals surface area (Å²) in [5.74, 6) is 0. The van der Waals surface area contributed by atoms with Crippen LogP contribution in [0.15, 0.2) is 33.6 Å². The molecule has 0 unspecified atom stereocenters. The molecular weight excluding hydrogens is 360 g/mol. The molecule has 4 nitrogen and oxygen atoms in total. The molecule has 108 valence electrons. The Labute approximate surface area is 132 Å². The number of hydrogen-bond donors (Lipinski definition) is 0. The van der Waals surface area contributed by atoms with Gasteiger partial charge in [-0.1, -0.05) is 15.9 Å². The van der Waals surface area contributed by atoms with Crippen molar-refractivity contribution in [3.05, 3.63) is 28.7 Å². The lowest BCUT2D eigenvalue weighted by molar-refractivity contribution is 0.327. The summed E-state index contributed by atoms with van der Waals surface area (Å²) >= 11 is 4.81. The first-order valence-electron chi connectivity index (χ1n) is 6.16. The summed E-state index contributed by atoms with van der Waals surface area (Å²) in [5.41, 5.74) is 0. The van der Waals surface area contributed by atoms with Crippen molar-refractivity contribution in [1.82, 2.24) is 4.31 Å². The molecule has 0 saturated carbocycles. The van der Waals surface area contributed by atoms with Crippen molar-refractivity contribution in [2.75, 3.05) is 19.3 Å². The van der Waals surface area contributed by atoms with Gasteiger partial charge in [0.25, 0.3) is 0 Å². The van der Waals surface area contributed by atoms with E-state index < -0.39 is 14.8 Å². The van der Waals surface area contributed by atoms with Gasteiger partial charge in [-0.3, -0.25) is 0 Å². The van der Waals surface area contributed by atoms with Crippen LogP contribution in [0.4, 0.5) is 0 Å². The maximum absolute atomic E-state index is 12.5. The van der Waals surface area contributed by atoms with E-state index in [0.717, 1.165) is 4.47 Å². The van der Waals surface area contributed by atoms with Crippen molar-refractivity contribution in [1.29, 1.82) is 5.26 Å². The van der Waals surface area contributed by atoms with Crippen LogP contribution in [-0.4, -0.2) is 36.8 Å². The van der Waals surface area contributed by atoms with Crippen molar-refractivity contribution in [3.63, 3.8) is 0 Å². The second kappa shape index (κ2) is 6.06. The predicted molar refractivity (Wildman–Crippen MR) is 84.0 cm³/mol. The Morgan fingerprint density at radius 3 is 2.30 bits per heavy atom. The summed E-state index contributed by atoms with van der Waals surface area (Å²) in [6.45, 7) is 0.791. The standard InChI is InChI=1S/C13H15BrN2O2S2/c1-19-13(10-15)6-8-16(9-7-13)20(17,18)12-4-2-11(14)3-5-12/h2-5H,6-9H2,1H3. The first-order chi connectivity index (χ1) is 9.43. The lowest BCUT2D eigenvalue weighted by atomic mass is 9.99. The fourth-order valence-electron chi connectivity index (χ4n) is 2.20. The average molecular weight is 375 g/mol. The van der Waals surface area contributed by atoms with E-state index in [2.05, 4.69) is 22.0 Å². The molecule has 0 radical (unpaired) electrons. The third-order valence-corrected chi connectivity index (χ3v) is 7.30. The lowest BCUT2D eigenvalue weighted by Gasteiger charge is -2.35. The van der Waals surface area contributed by atoms with Gasteiger partial charge >= 0.3 is 0 Å². The van der Waals surface area contributed by atoms with Crippen LogP contribution in [0.2, 0.25) is 0 Å². The van der Waals surface area contributed by atoms with Crippen LogP contribution in [0.3, 0.4) is 0 Å². The Hall–Kier alpha value is -0.550. The van der Waals surface area contributed by atoms with Crippen LogP contribution in [0.25, 0.3) is 0 Å². The van der Waals surface area contributed by atoms with Gasteiger partial charge in [-0.2, -0.15) is 9.57 Å². The molecule has 0 spiro atoms. The molecule has 1 aromatic carbocycles. The van der Waals surface area contributed by atoms with Crippen molar-refractivity contribution >= 4 is 37.7 Å². The number of benzene rings is 1. The quantitative estimate of drug-likeness (QED) is 0.815. The number of piperidine rings is 1. The molecule has 1 fully saturated rings. The molecule has 1 heterocycles. The zero-order chi connectivity index (χ0) is 14.8. The summed E-state index contributed by atoms with van der Waals surface area (Å²) in [7, 11) is -3.45. The molecule has 0 aromatic heterocycles. The normalized spacial score (nSPS) is 19.4. The van der Waals surface area contributed by atoms with Crippen molar-refractivity contribution in [2.45, 2.75) is 22.5 Å². The second-order valence-corrected chi connectivity index (χ2v) is 8.71. The minimum atomic E-state index is -3.45. The number of rotatable bonds is 3.